The zero-order chi connectivity index (χ0) is 13.0. The fraction of sp³-hybridized carbons (Fsp3) is 0.438. The molecule has 0 saturated heterocycles. The van der Waals surface area contributed by atoms with Crippen LogP contribution in [0.2, 0.25) is 0 Å². The van der Waals surface area contributed by atoms with Crippen LogP contribution in [0.4, 0.5) is 0 Å². The van der Waals surface area contributed by atoms with E-state index < -0.39 is 5.97 Å². The first-order valence-electron chi connectivity index (χ1n) is 6.66. The monoisotopic (exact) mass is 244 g/mol. The van der Waals surface area contributed by atoms with E-state index in [-0.39, 0.29) is 6.42 Å². The molecule has 1 N–H and O–H groups in total. The number of carboxylic acids is 1. The molecular formula is C16H20O2. The highest BCUT2D eigenvalue weighted by molar-refractivity contribution is 5.83. The van der Waals surface area contributed by atoms with Crippen molar-refractivity contribution in [2.75, 3.05) is 0 Å². The zero-order valence-electron chi connectivity index (χ0n) is 10.7. The Morgan fingerprint density at radius 1 is 1.17 bits per heavy atom. The van der Waals surface area contributed by atoms with Crippen LogP contribution in [0.15, 0.2) is 30.8 Å². The zero-order valence-corrected chi connectivity index (χ0v) is 10.7. The van der Waals surface area contributed by atoms with E-state index in [1.807, 2.05) is 12.1 Å². The highest BCUT2D eigenvalue weighted by atomic mass is 16.4. The molecule has 1 saturated carbocycles. The lowest BCUT2D eigenvalue weighted by atomic mass is 9.83. The molecule has 0 aliphatic heterocycles. The number of carboxylic acid groups (broad SMARTS) is 1. The molecule has 0 unspecified atom stereocenters. The molecule has 18 heavy (non-hydrogen) atoms. The maximum Gasteiger partial charge on any atom is 0.307 e. The first kappa shape index (κ1) is 12.9. The van der Waals surface area contributed by atoms with Crippen LogP contribution in [0.25, 0.3) is 5.57 Å². The molecule has 2 nitrogen and oxygen atoms in total. The van der Waals surface area contributed by atoms with Crippen LogP contribution in [0.1, 0.15) is 55.6 Å². The summed E-state index contributed by atoms with van der Waals surface area (Å²) >= 11 is 0. The van der Waals surface area contributed by atoms with Gasteiger partial charge in [-0.1, -0.05) is 50.1 Å². The highest BCUT2D eigenvalue weighted by Gasteiger charge is 2.15. The van der Waals surface area contributed by atoms with Gasteiger partial charge in [0.1, 0.15) is 0 Å². The number of benzene rings is 1. The van der Waals surface area contributed by atoms with Gasteiger partial charge in [-0.3, -0.25) is 4.79 Å². The van der Waals surface area contributed by atoms with Gasteiger partial charge in [0.05, 0.1) is 6.42 Å². The van der Waals surface area contributed by atoms with Crippen molar-refractivity contribution >= 4 is 11.5 Å². The van der Waals surface area contributed by atoms with Gasteiger partial charge in [-0.05, 0) is 35.5 Å². The van der Waals surface area contributed by atoms with Crippen molar-refractivity contribution in [3.8, 4) is 0 Å². The summed E-state index contributed by atoms with van der Waals surface area (Å²) in [5.74, 6) is -0.128. The lowest BCUT2D eigenvalue weighted by molar-refractivity contribution is -0.135. The number of rotatable bonds is 4. The summed E-state index contributed by atoms with van der Waals surface area (Å²) in [7, 11) is 0. The molecule has 0 heterocycles. The molecule has 0 aromatic heterocycles. The highest BCUT2D eigenvalue weighted by Crippen LogP contribution is 2.33. The Bertz CT molecular complexity index is 425. The van der Waals surface area contributed by atoms with Gasteiger partial charge in [0, 0.05) is 0 Å². The predicted octanol–water partition coefficient (Wildman–Crippen LogP) is 4.22. The summed E-state index contributed by atoms with van der Waals surface area (Å²) in [6.45, 7) is 3.83. The summed E-state index contributed by atoms with van der Waals surface area (Å²) in [6, 6.07) is 8.29. The molecule has 1 aromatic rings. The third-order valence-corrected chi connectivity index (χ3v) is 3.76. The van der Waals surface area contributed by atoms with Crippen molar-refractivity contribution in [2.45, 2.75) is 44.4 Å². The summed E-state index contributed by atoms with van der Waals surface area (Å²) < 4.78 is 0. The minimum atomic E-state index is -0.823. The van der Waals surface area contributed by atoms with Crippen LogP contribution in [0.5, 0.6) is 0 Å². The molecular weight excluding hydrogens is 224 g/mol. The molecule has 1 aliphatic carbocycles. The Labute approximate surface area is 108 Å². The number of hydrogen-bond acceptors (Lipinski definition) is 1. The van der Waals surface area contributed by atoms with E-state index in [4.69, 9.17) is 5.11 Å². The topological polar surface area (TPSA) is 37.3 Å². The molecule has 0 atom stereocenters. The normalized spacial score (nSPS) is 16.4. The summed E-state index contributed by atoms with van der Waals surface area (Å²) in [6.07, 6.45) is 6.62. The summed E-state index contributed by atoms with van der Waals surface area (Å²) in [5, 5.41) is 8.74. The molecule has 0 bridgehead atoms. The quantitative estimate of drug-likeness (QED) is 0.860. The fourth-order valence-electron chi connectivity index (χ4n) is 2.71. The van der Waals surface area contributed by atoms with Crippen LogP contribution >= 0.6 is 0 Å². The van der Waals surface area contributed by atoms with Crippen molar-refractivity contribution in [3.05, 3.63) is 42.0 Å². The lowest BCUT2D eigenvalue weighted by Gasteiger charge is -2.22. The van der Waals surface area contributed by atoms with Gasteiger partial charge in [-0.2, -0.15) is 0 Å². The second kappa shape index (κ2) is 5.85. The summed E-state index contributed by atoms with van der Waals surface area (Å²) in [4.78, 5) is 10.6. The Kier molecular flexibility index (Phi) is 4.19. The smallest absolute Gasteiger partial charge is 0.307 e. The van der Waals surface area contributed by atoms with Gasteiger partial charge < -0.3 is 5.11 Å². The van der Waals surface area contributed by atoms with Crippen LogP contribution in [-0.2, 0) is 4.79 Å². The van der Waals surface area contributed by atoms with Gasteiger partial charge >= 0.3 is 5.97 Å². The van der Waals surface area contributed by atoms with Crippen molar-refractivity contribution in [1.82, 2.24) is 0 Å². The van der Waals surface area contributed by atoms with Crippen molar-refractivity contribution in [3.63, 3.8) is 0 Å². The second-order valence-electron chi connectivity index (χ2n) is 5.13. The van der Waals surface area contributed by atoms with Gasteiger partial charge in [-0.25, -0.2) is 0 Å². The molecule has 0 radical (unpaired) electrons. The molecule has 2 heteroatoms. The van der Waals surface area contributed by atoms with E-state index in [1.165, 1.54) is 37.7 Å². The maximum atomic E-state index is 10.6. The van der Waals surface area contributed by atoms with Crippen LogP contribution < -0.4 is 0 Å². The van der Waals surface area contributed by atoms with Crippen LogP contribution in [0, 0.1) is 0 Å². The minimum Gasteiger partial charge on any atom is -0.481 e. The van der Waals surface area contributed by atoms with E-state index in [0.717, 1.165) is 5.56 Å². The van der Waals surface area contributed by atoms with Crippen LogP contribution in [0.3, 0.4) is 0 Å². The van der Waals surface area contributed by atoms with Gasteiger partial charge in [0.15, 0.2) is 0 Å². The molecule has 0 amide bonds. The third-order valence-electron chi connectivity index (χ3n) is 3.76. The molecule has 1 aliphatic rings. The van der Waals surface area contributed by atoms with Crippen molar-refractivity contribution < 1.29 is 9.90 Å². The van der Waals surface area contributed by atoms with E-state index in [0.29, 0.717) is 11.5 Å². The maximum absolute atomic E-state index is 10.6. The van der Waals surface area contributed by atoms with Gasteiger partial charge in [0.2, 0.25) is 0 Å². The number of carbonyl (C=O) groups is 1. The molecule has 0 spiro atoms. The average Bonchev–Trinajstić information content (AvgIpc) is 2.39. The van der Waals surface area contributed by atoms with Crippen molar-refractivity contribution in [2.24, 2.45) is 0 Å². The number of aliphatic carboxylic acids is 1. The Balaban J connectivity index is 2.04. The Hall–Kier alpha value is -1.57. The van der Waals surface area contributed by atoms with E-state index in [2.05, 4.69) is 18.7 Å². The Morgan fingerprint density at radius 2 is 1.78 bits per heavy atom. The van der Waals surface area contributed by atoms with E-state index in [9.17, 15) is 4.79 Å². The molecule has 1 fully saturated rings. The van der Waals surface area contributed by atoms with E-state index >= 15 is 0 Å². The van der Waals surface area contributed by atoms with Gasteiger partial charge in [0.25, 0.3) is 0 Å². The molecule has 1 aromatic carbocycles. The second-order valence-corrected chi connectivity index (χ2v) is 5.13. The van der Waals surface area contributed by atoms with Crippen molar-refractivity contribution in [1.29, 1.82) is 0 Å². The minimum absolute atomic E-state index is 0.0166. The first-order valence-corrected chi connectivity index (χ1v) is 6.66. The molecule has 96 valence electrons. The number of hydrogen-bond donors (Lipinski definition) is 1. The molecule has 2 rings (SSSR count). The standard InChI is InChI=1S/C16H20O2/c1-12(11-16(17)18)13-7-9-15(10-8-13)14-5-3-2-4-6-14/h7-10,14H,1-6,11H2,(H,17,18). The largest absolute Gasteiger partial charge is 0.481 e. The predicted molar refractivity (Wildman–Crippen MR) is 73.6 cm³/mol. The van der Waals surface area contributed by atoms with Gasteiger partial charge in [-0.15, -0.1) is 0 Å². The lowest BCUT2D eigenvalue weighted by Crippen LogP contribution is -2.04. The SMILES string of the molecule is C=C(CC(=O)O)c1ccc(C2CCCCC2)cc1. The average molecular weight is 244 g/mol. The summed E-state index contributed by atoms with van der Waals surface area (Å²) in [5.41, 5.74) is 3.01. The van der Waals surface area contributed by atoms with Crippen LogP contribution in [-0.4, -0.2) is 11.1 Å². The Morgan fingerprint density at radius 3 is 2.33 bits per heavy atom. The van der Waals surface area contributed by atoms with E-state index in [1.54, 1.807) is 0 Å². The fourth-order valence-corrected chi connectivity index (χ4v) is 2.71. The third kappa shape index (κ3) is 3.22. The first-order chi connectivity index (χ1) is 8.66.